The number of amides is 2. The number of nitro benzene ring substituents is 1. The van der Waals surface area contributed by atoms with Gasteiger partial charge in [-0.2, -0.15) is 0 Å². The fourth-order valence-corrected chi connectivity index (χ4v) is 3.49. The average Bonchev–Trinajstić information content (AvgIpc) is 3.43. The van der Waals surface area contributed by atoms with E-state index in [1.165, 1.54) is 23.5 Å². The molecule has 1 aromatic heterocycles. The van der Waals surface area contributed by atoms with Gasteiger partial charge in [-0.25, -0.2) is 4.79 Å². The normalized spacial score (nSPS) is 13.0. The van der Waals surface area contributed by atoms with Gasteiger partial charge in [0.15, 0.2) is 6.61 Å². The van der Waals surface area contributed by atoms with Crippen LogP contribution >= 0.6 is 11.3 Å². The fourth-order valence-electron chi connectivity index (χ4n) is 2.87. The monoisotopic (exact) mass is 418 g/mol. The van der Waals surface area contributed by atoms with Gasteiger partial charge in [0.2, 0.25) is 0 Å². The van der Waals surface area contributed by atoms with E-state index in [2.05, 4.69) is 10.9 Å². The summed E-state index contributed by atoms with van der Waals surface area (Å²) in [4.78, 5) is 48.8. The Morgan fingerprint density at radius 3 is 2.59 bits per heavy atom. The van der Waals surface area contributed by atoms with Crippen molar-refractivity contribution in [3.63, 3.8) is 0 Å². The molecule has 1 aliphatic rings. The first-order valence-corrected chi connectivity index (χ1v) is 9.67. The standard InChI is InChI=1S/C18H18N4O6S/c23-16(19-20-17(24)15-4-3-9-29-15)11-28-18(25)12-5-6-13(14(10-12)22(26)27)21-7-1-2-8-21/h3-6,9-10H,1-2,7-8,11H2,(H,19,23)(H,20,24). The lowest BCUT2D eigenvalue weighted by Crippen LogP contribution is -2.43. The van der Waals surface area contributed by atoms with Crippen molar-refractivity contribution in [3.8, 4) is 0 Å². The molecule has 10 nitrogen and oxygen atoms in total. The SMILES string of the molecule is O=C(COC(=O)c1ccc(N2CCCC2)c([N+](=O)[O-])c1)NNC(=O)c1cccs1. The summed E-state index contributed by atoms with van der Waals surface area (Å²) in [5.41, 5.74) is 4.56. The van der Waals surface area contributed by atoms with Gasteiger partial charge in [-0.3, -0.25) is 30.6 Å². The summed E-state index contributed by atoms with van der Waals surface area (Å²) >= 11 is 1.20. The molecule has 2 heterocycles. The summed E-state index contributed by atoms with van der Waals surface area (Å²) in [6, 6.07) is 7.37. The van der Waals surface area contributed by atoms with Crippen LogP contribution in [0.3, 0.4) is 0 Å². The maximum atomic E-state index is 12.2. The number of thiophene rings is 1. The first-order chi connectivity index (χ1) is 14.0. The Hall–Kier alpha value is -3.47. The van der Waals surface area contributed by atoms with E-state index in [0.717, 1.165) is 32.0 Å². The number of esters is 1. The Morgan fingerprint density at radius 2 is 1.93 bits per heavy atom. The Labute approximate surface area is 169 Å². The van der Waals surface area contributed by atoms with Gasteiger partial charge in [-0.05, 0) is 36.4 Å². The first kappa shape index (κ1) is 20.3. The van der Waals surface area contributed by atoms with Crippen LogP contribution in [0.1, 0.15) is 32.9 Å². The number of rotatable bonds is 6. The maximum absolute atomic E-state index is 12.2. The minimum Gasteiger partial charge on any atom is -0.452 e. The number of nitrogens with one attached hydrogen (secondary N) is 2. The van der Waals surface area contributed by atoms with E-state index < -0.39 is 29.3 Å². The highest BCUT2D eigenvalue weighted by Crippen LogP contribution is 2.31. The van der Waals surface area contributed by atoms with E-state index in [4.69, 9.17) is 4.74 Å². The van der Waals surface area contributed by atoms with Crippen molar-refractivity contribution in [1.29, 1.82) is 0 Å². The molecule has 2 amide bonds. The van der Waals surface area contributed by atoms with E-state index in [1.807, 2.05) is 4.90 Å². The first-order valence-electron chi connectivity index (χ1n) is 8.79. The molecular weight excluding hydrogens is 400 g/mol. The Morgan fingerprint density at radius 1 is 1.17 bits per heavy atom. The summed E-state index contributed by atoms with van der Waals surface area (Å²) in [6.07, 6.45) is 1.91. The number of benzene rings is 1. The zero-order valence-electron chi connectivity index (χ0n) is 15.3. The molecule has 152 valence electrons. The fraction of sp³-hybridized carbons (Fsp3) is 0.278. The summed E-state index contributed by atoms with van der Waals surface area (Å²) in [5.74, 6) is -2.11. The van der Waals surface area contributed by atoms with Gasteiger partial charge in [0.25, 0.3) is 17.5 Å². The van der Waals surface area contributed by atoms with Gasteiger partial charge in [0, 0.05) is 19.2 Å². The summed E-state index contributed by atoms with van der Waals surface area (Å²) in [7, 11) is 0. The lowest BCUT2D eigenvalue weighted by Gasteiger charge is -2.17. The quantitative estimate of drug-likeness (QED) is 0.416. The van der Waals surface area contributed by atoms with Crippen molar-refractivity contribution >= 4 is 40.5 Å². The highest BCUT2D eigenvalue weighted by molar-refractivity contribution is 7.12. The molecule has 1 aromatic carbocycles. The van der Waals surface area contributed by atoms with Crippen LogP contribution in [0.4, 0.5) is 11.4 Å². The van der Waals surface area contributed by atoms with Gasteiger partial charge in [0.1, 0.15) is 5.69 Å². The Kier molecular flexibility index (Phi) is 6.39. The predicted molar refractivity (Wildman–Crippen MR) is 105 cm³/mol. The number of ether oxygens (including phenoxy) is 1. The van der Waals surface area contributed by atoms with Crippen LogP contribution in [0.25, 0.3) is 0 Å². The van der Waals surface area contributed by atoms with Crippen molar-refractivity contribution in [3.05, 3.63) is 56.3 Å². The zero-order valence-corrected chi connectivity index (χ0v) is 16.1. The molecule has 0 atom stereocenters. The summed E-state index contributed by atoms with van der Waals surface area (Å²) in [5, 5.41) is 13.1. The molecule has 3 rings (SSSR count). The lowest BCUT2D eigenvalue weighted by molar-refractivity contribution is -0.384. The molecule has 0 radical (unpaired) electrons. The Bertz CT molecular complexity index is 924. The molecule has 0 spiro atoms. The largest absolute Gasteiger partial charge is 0.452 e. The van der Waals surface area contributed by atoms with E-state index in [0.29, 0.717) is 10.6 Å². The minimum atomic E-state index is -0.874. The van der Waals surface area contributed by atoms with Crippen LogP contribution in [0, 0.1) is 10.1 Å². The van der Waals surface area contributed by atoms with E-state index in [1.54, 1.807) is 17.5 Å². The van der Waals surface area contributed by atoms with Gasteiger partial charge in [-0.1, -0.05) is 6.07 Å². The zero-order chi connectivity index (χ0) is 20.8. The highest BCUT2D eigenvalue weighted by atomic mass is 32.1. The third kappa shape index (κ3) is 5.08. The van der Waals surface area contributed by atoms with Gasteiger partial charge >= 0.3 is 5.97 Å². The summed E-state index contributed by atoms with van der Waals surface area (Å²) < 4.78 is 4.88. The van der Waals surface area contributed by atoms with Crippen molar-refractivity contribution < 1.29 is 24.0 Å². The second-order valence-electron chi connectivity index (χ2n) is 6.21. The van der Waals surface area contributed by atoms with Crippen molar-refractivity contribution in [1.82, 2.24) is 10.9 Å². The third-order valence-corrected chi connectivity index (χ3v) is 5.12. The number of nitro groups is 1. The number of nitrogens with zero attached hydrogens (tertiary/aromatic N) is 2. The molecule has 0 aliphatic carbocycles. The molecule has 2 aromatic rings. The van der Waals surface area contributed by atoms with Gasteiger partial charge in [-0.15, -0.1) is 11.3 Å². The molecule has 0 bridgehead atoms. The molecular formula is C18H18N4O6S. The van der Waals surface area contributed by atoms with Crippen molar-refractivity contribution in [2.75, 3.05) is 24.6 Å². The van der Waals surface area contributed by atoms with Crippen LogP contribution in [0.15, 0.2) is 35.7 Å². The molecule has 0 saturated carbocycles. The Balaban J connectivity index is 1.56. The molecule has 11 heteroatoms. The summed E-state index contributed by atoms with van der Waals surface area (Å²) in [6.45, 7) is 0.801. The van der Waals surface area contributed by atoms with Crippen molar-refractivity contribution in [2.45, 2.75) is 12.8 Å². The van der Waals surface area contributed by atoms with Crippen LogP contribution in [0.5, 0.6) is 0 Å². The predicted octanol–water partition coefficient (Wildman–Crippen LogP) is 1.87. The molecule has 1 fully saturated rings. The second-order valence-corrected chi connectivity index (χ2v) is 7.16. The highest BCUT2D eigenvalue weighted by Gasteiger charge is 2.24. The van der Waals surface area contributed by atoms with E-state index in [-0.39, 0.29) is 11.3 Å². The lowest BCUT2D eigenvalue weighted by atomic mass is 10.1. The number of anilines is 1. The van der Waals surface area contributed by atoms with Crippen LogP contribution in [0.2, 0.25) is 0 Å². The van der Waals surface area contributed by atoms with Crippen molar-refractivity contribution in [2.24, 2.45) is 0 Å². The van der Waals surface area contributed by atoms with Gasteiger partial charge < -0.3 is 9.64 Å². The maximum Gasteiger partial charge on any atom is 0.338 e. The molecule has 1 saturated heterocycles. The van der Waals surface area contributed by atoms with Crippen LogP contribution in [-0.2, 0) is 9.53 Å². The second kappa shape index (κ2) is 9.15. The average molecular weight is 418 g/mol. The minimum absolute atomic E-state index is 0.0323. The van der Waals surface area contributed by atoms with Crippen LogP contribution < -0.4 is 15.8 Å². The number of hydrazine groups is 1. The molecule has 2 N–H and O–H groups in total. The van der Waals surface area contributed by atoms with E-state index >= 15 is 0 Å². The van der Waals surface area contributed by atoms with Crippen LogP contribution in [-0.4, -0.2) is 42.4 Å². The number of carbonyl (C=O) groups excluding carboxylic acids is 3. The van der Waals surface area contributed by atoms with Gasteiger partial charge in [0.05, 0.1) is 15.4 Å². The number of hydrogen-bond donors (Lipinski definition) is 2. The third-order valence-electron chi connectivity index (χ3n) is 4.25. The molecule has 29 heavy (non-hydrogen) atoms. The smallest absolute Gasteiger partial charge is 0.338 e. The van der Waals surface area contributed by atoms with E-state index in [9.17, 15) is 24.5 Å². The molecule has 0 unspecified atom stereocenters. The number of hydrogen-bond acceptors (Lipinski definition) is 8. The number of carbonyl (C=O) groups is 3. The molecule has 1 aliphatic heterocycles. The topological polar surface area (TPSA) is 131 Å².